The van der Waals surface area contributed by atoms with Crippen LogP contribution in [0.3, 0.4) is 0 Å². The Morgan fingerprint density at radius 1 is 0.880 bits per heavy atom. The van der Waals surface area contributed by atoms with Crippen LogP contribution in [0.15, 0.2) is 48.5 Å². The second-order valence-corrected chi connectivity index (χ2v) is 7.81. The number of hydrogen-bond donors (Lipinski definition) is 2. The van der Waals surface area contributed by atoms with Crippen molar-refractivity contribution in [3.63, 3.8) is 0 Å². The quantitative estimate of drug-likeness (QED) is 0.863. The maximum absolute atomic E-state index is 9.84. The average Bonchev–Trinajstić information content (AvgIpc) is 3.04. The largest absolute Gasteiger partial charge is 0.393 e. The predicted octanol–water partition coefficient (Wildman–Crippen LogP) is 4.23. The fraction of sp³-hybridized carbons (Fsp3) is 0.455. The number of rotatable bonds is 2. The smallest absolute Gasteiger partial charge is 0.0583 e. The third kappa shape index (κ3) is 2.57. The van der Waals surface area contributed by atoms with Gasteiger partial charge in [0.05, 0.1) is 12.1 Å². The van der Waals surface area contributed by atoms with E-state index in [0.717, 1.165) is 25.9 Å². The number of nitrogens with one attached hydrogen (secondary N) is 1. The molecule has 2 heterocycles. The van der Waals surface area contributed by atoms with Crippen molar-refractivity contribution in [1.29, 1.82) is 0 Å². The molecule has 3 heteroatoms. The topological polar surface area (TPSA) is 35.5 Å². The average molecular weight is 334 g/mol. The summed E-state index contributed by atoms with van der Waals surface area (Å²) >= 11 is 0. The second-order valence-electron chi connectivity index (χ2n) is 7.81. The minimum atomic E-state index is -0.0989. The molecule has 2 aromatic carbocycles. The van der Waals surface area contributed by atoms with Gasteiger partial charge >= 0.3 is 0 Å². The van der Waals surface area contributed by atoms with Crippen molar-refractivity contribution in [2.45, 2.75) is 49.8 Å². The Kier molecular flexibility index (Phi) is 3.79. The molecule has 3 atom stereocenters. The molecule has 3 aliphatic rings. The highest BCUT2D eigenvalue weighted by Crippen LogP contribution is 2.54. The van der Waals surface area contributed by atoms with E-state index in [1.54, 1.807) is 5.56 Å². The van der Waals surface area contributed by atoms with E-state index in [0.29, 0.717) is 18.0 Å². The molecule has 2 aliphatic heterocycles. The summed E-state index contributed by atoms with van der Waals surface area (Å²) in [5.41, 5.74) is 5.81. The SMILES string of the molecule is OC1CCN(C2CCC3c4c(cccc42)NC3c2ccccc2)CC1. The summed E-state index contributed by atoms with van der Waals surface area (Å²) in [4.78, 5) is 2.61. The van der Waals surface area contributed by atoms with Crippen LogP contribution in [-0.2, 0) is 0 Å². The molecule has 0 saturated carbocycles. The van der Waals surface area contributed by atoms with Gasteiger partial charge in [-0.25, -0.2) is 0 Å². The molecular weight excluding hydrogens is 308 g/mol. The zero-order valence-corrected chi connectivity index (χ0v) is 14.6. The molecule has 1 fully saturated rings. The number of aliphatic hydroxyl groups excluding tert-OH is 1. The highest BCUT2D eigenvalue weighted by atomic mass is 16.3. The van der Waals surface area contributed by atoms with Gasteiger partial charge in [-0.1, -0.05) is 42.5 Å². The highest BCUT2D eigenvalue weighted by molar-refractivity contribution is 5.65. The van der Waals surface area contributed by atoms with E-state index >= 15 is 0 Å². The van der Waals surface area contributed by atoms with Gasteiger partial charge in [-0.05, 0) is 48.4 Å². The minimum absolute atomic E-state index is 0.0989. The lowest BCUT2D eigenvalue weighted by atomic mass is 9.76. The molecule has 1 aliphatic carbocycles. The van der Waals surface area contributed by atoms with Gasteiger partial charge in [-0.15, -0.1) is 0 Å². The van der Waals surface area contributed by atoms with Crippen LogP contribution in [0.5, 0.6) is 0 Å². The molecule has 5 rings (SSSR count). The lowest BCUT2D eigenvalue weighted by Crippen LogP contribution is -2.40. The number of nitrogens with zero attached hydrogens (tertiary/aromatic N) is 1. The normalized spacial score (nSPS) is 29.2. The number of aliphatic hydroxyl groups is 1. The van der Waals surface area contributed by atoms with Crippen molar-refractivity contribution in [3.8, 4) is 0 Å². The van der Waals surface area contributed by atoms with Gasteiger partial charge in [0.2, 0.25) is 0 Å². The molecule has 0 amide bonds. The van der Waals surface area contributed by atoms with Crippen molar-refractivity contribution in [2.24, 2.45) is 0 Å². The van der Waals surface area contributed by atoms with E-state index in [-0.39, 0.29) is 6.10 Å². The van der Waals surface area contributed by atoms with E-state index in [9.17, 15) is 5.11 Å². The Morgan fingerprint density at radius 2 is 1.68 bits per heavy atom. The molecule has 3 nitrogen and oxygen atoms in total. The molecule has 3 unspecified atom stereocenters. The lowest BCUT2D eigenvalue weighted by Gasteiger charge is -2.41. The molecule has 0 aromatic heterocycles. The molecular formula is C22H26N2O. The standard InChI is InChI=1S/C22H26N2O/c25-16-11-13-24(14-12-16)20-10-9-18-21-17(20)7-4-8-19(21)23-22(18)15-5-2-1-3-6-15/h1-8,16,18,20,22-23,25H,9-14H2. The van der Waals surface area contributed by atoms with Crippen molar-refractivity contribution < 1.29 is 5.11 Å². The summed E-state index contributed by atoms with van der Waals surface area (Å²) in [6.45, 7) is 2.05. The minimum Gasteiger partial charge on any atom is -0.393 e. The van der Waals surface area contributed by atoms with E-state index in [4.69, 9.17) is 0 Å². The molecule has 0 spiro atoms. The van der Waals surface area contributed by atoms with Crippen LogP contribution in [-0.4, -0.2) is 29.2 Å². The van der Waals surface area contributed by atoms with Crippen molar-refractivity contribution >= 4 is 5.69 Å². The Hall–Kier alpha value is -1.84. The van der Waals surface area contributed by atoms with E-state index < -0.39 is 0 Å². The van der Waals surface area contributed by atoms with Gasteiger partial charge in [0.15, 0.2) is 0 Å². The Labute approximate surface area is 149 Å². The van der Waals surface area contributed by atoms with Crippen LogP contribution in [0.2, 0.25) is 0 Å². The zero-order chi connectivity index (χ0) is 16.8. The fourth-order valence-corrected chi connectivity index (χ4v) is 5.20. The number of anilines is 1. The first kappa shape index (κ1) is 15.4. The summed E-state index contributed by atoms with van der Waals surface area (Å²) in [5.74, 6) is 0.584. The van der Waals surface area contributed by atoms with Crippen LogP contribution >= 0.6 is 0 Å². The Balaban J connectivity index is 1.48. The van der Waals surface area contributed by atoms with E-state index in [1.807, 2.05) is 0 Å². The summed E-state index contributed by atoms with van der Waals surface area (Å²) < 4.78 is 0. The van der Waals surface area contributed by atoms with Crippen LogP contribution in [0.1, 0.15) is 60.4 Å². The first-order valence-corrected chi connectivity index (χ1v) is 9.67. The Bertz CT molecular complexity index is 752. The number of benzene rings is 2. The molecule has 2 N–H and O–H groups in total. The van der Waals surface area contributed by atoms with E-state index in [1.165, 1.54) is 29.7 Å². The van der Waals surface area contributed by atoms with Gasteiger partial charge in [0, 0.05) is 30.7 Å². The third-order valence-electron chi connectivity index (χ3n) is 6.43. The summed E-state index contributed by atoms with van der Waals surface area (Å²) in [6, 6.07) is 18.6. The number of piperidine rings is 1. The maximum atomic E-state index is 9.84. The Morgan fingerprint density at radius 3 is 2.48 bits per heavy atom. The predicted molar refractivity (Wildman–Crippen MR) is 101 cm³/mol. The molecule has 130 valence electrons. The maximum Gasteiger partial charge on any atom is 0.0583 e. The fourth-order valence-electron chi connectivity index (χ4n) is 5.20. The molecule has 2 aromatic rings. The molecule has 1 saturated heterocycles. The van der Waals surface area contributed by atoms with Gasteiger partial charge in [0.1, 0.15) is 0 Å². The van der Waals surface area contributed by atoms with Gasteiger partial charge in [-0.2, -0.15) is 0 Å². The molecule has 25 heavy (non-hydrogen) atoms. The third-order valence-corrected chi connectivity index (χ3v) is 6.43. The van der Waals surface area contributed by atoms with Gasteiger partial charge in [-0.3, -0.25) is 4.90 Å². The number of hydrogen-bond acceptors (Lipinski definition) is 3. The molecule has 0 bridgehead atoms. The first-order valence-electron chi connectivity index (χ1n) is 9.67. The van der Waals surface area contributed by atoms with Crippen molar-refractivity contribution in [1.82, 2.24) is 4.90 Å². The van der Waals surface area contributed by atoms with E-state index in [2.05, 4.69) is 58.7 Å². The summed E-state index contributed by atoms with van der Waals surface area (Å²) in [7, 11) is 0. The second kappa shape index (κ2) is 6.15. The zero-order valence-electron chi connectivity index (χ0n) is 14.6. The number of likely N-dealkylation sites (tertiary alicyclic amines) is 1. The van der Waals surface area contributed by atoms with Crippen LogP contribution in [0.25, 0.3) is 0 Å². The summed E-state index contributed by atoms with van der Waals surface area (Å²) in [5, 5.41) is 13.6. The van der Waals surface area contributed by atoms with Crippen molar-refractivity contribution in [3.05, 3.63) is 65.2 Å². The monoisotopic (exact) mass is 334 g/mol. The summed E-state index contributed by atoms with van der Waals surface area (Å²) in [6.07, 6.45) is 4.19. The van der Waals surface area contributed by atoms with Gasteiger partial charge in [0.25, 0.3) is 0 Å². The van der Waals surface area contributed by atoms with Crippen LogP contribution < -0.4 is 5.32 Å². The van der Waals surface area contributed by atoms with Crippen molar-refractivity contribution in [2.75, 3.05) is 18.4 Å². The van der Waals surface area contributed by atoms with Crippen LogP contribution in [0.4, 0.5) is 5.69 Å². The highest BCUT2D eigenvalue weighted by Gasteiger charge is 2.41. The molecule has 0 radical (unpaired) electrons. The van der Waals surface area contributed by atoms with Gasteiger partial charge < -0.3 is 10.4 Å². The first-order chi connectivity index (χ1) is 12.3. The lowest BCUT2D eigenvalue weighted by molar-refractivity contribution is 0.0547. The van der Waals surface area contributed by atoms with Crippen LogP contribution in [0, 0.1) is 0 Å².